The summed E-state index contributed by atoms with van der Waals surface area (Å²) in [5.74, 6) is -0.176. The molecular weight excluding hydrogens is 348 g/mol. The number of para-hydroxylation sites is 1. The van der Waals surface area contributed by atoms with Crippen molar-refractivity contribution in [3.8, 4) is 0 Å². The summed E-state index contributed by atoms with van der Waals surface area (Å²) in [4.78, 5) is 15.0. The molecule has 5 nitrogen and oxygen atoms in total. The normalized spacial score (nSPS) is 14.8. The topological polar surface area (TPSA) is 57.7 Å². The third-order valence-corrected chi connectivity index (χ3v) is 5.90. The van der Waals surface area contributed by atoms with E-state index in [4.69, 9.17) is 0 Å². The molecule has 0 bridgehead atoms. The van der Waals surface area contributed by atoms with Crippen molar-refractivity contribution in [2.24, 2.45) is 0 Å². The number of anilines is 2. The quantitative estimate of drug-likeness (QED) is 0.810. The van der Waals surface area contributed by atoms with Crippen LogP contribution in [-0.2, 0) is 21.2 Å². The molecule has 0 aromatic heterocycles. The maximum atomic E-state index is 13.3. The van der Waals surface area contributed by atoms with E-state index in [9.17, 15) is 13.2 Å². The van der Waals surface area contributed by atoms with Gasteiger partial charge in [0.1, 0.15) is 6.04 Å². The molecule has 0 spiro atoms. The Morgan fingerprint density at radius 3 is 2.58 bits per heavy atom. The van der Waals surface area contributed by atoms with Gasteiger partial charge in [-0.25, -0.2) is 8.42 Å². The molecule has 2 aromatic rings. The zero-order chi connectivity index (χ0) is 18.9. The van der Waals surface area contributed by atoms with Crippen LogP contribution in [-0.4, -0.2) is 33.2 Å². The lowest BCUT2D eigenvalue weighted by molar-refractivity contribution is -0.119. The number of hydrogen-bond acceptors (Lipinski definition) is 3. The summed E-state index contributed by atoms with van der Waals surface area (Å²) in [6, 6.07) is 14.3. The molecule has 0 saturated carbocycles. The minimum absolute atomic E-state index is 0.176. The number of benzene rings is 2. The van der Waals surface area contributed by atoms with Gasteiger partial charge in [0.05, 0.1) is 11.9 Å². The van der Waals surface area contributed by atoms with Gasteiger partial charge in [0.15, 0.2) is 0 Å². The second-order valence-corrected chi connectivity index (χ2v) is 8.55. The molecule has 26 heavy (non-hydrogen) atoms. The first-order valence-corrected chi connectivity index (χ1v) is 10.6. The van der Waals surface area contributed by atoms with E-state index in [-0.39, 0.29) is 5.91 Å². The predicted molar refractivity (Wildman–Crippen MR) is 105 cm³/mol. The summed E-state index contributed by atoms with van der Waals surface area (Å²) in [7, 11) is -3.61. The van der Waals surface area contributed by atoms with Gasteiger partial charge in [0.2, 0.25) is 10.0 Å². The Hall–Kier alpha value is -2.34. The second kappa shape index (κ2) is 7.11. The molecule has 1 unspecified atom stereocenters. The molecule has 0 N–H and O–H groups in total. The molecule has 1 heterocycles. The van der Waals surface area contributed by atoms with E-state index in [1.54, 1.807) is 17.0 Å². The Kier molecular flexibility index (Phi) is 5.05. The van der Waals surface area contributed by atoms with Crippen LogP contribution in [0.4, 0.5) is 11.4 Å². The van der Waals surface area contributed by atoms with Gasteiger partial charge >= 0.3 is 0 Å². The van der Waals surface area contributed by atoms with Crippen LogP contribution in [0, 0.1) is 6.92 Å². The Balaban J connectivity index is 2.01. The monoisotopic (exact) mass is 372 g/mol. The third-order valence-electron chi connectivity index (χ3n) is 4.72. The standard InChI is InChI=1S/C20H24N2O3S/c1-4-18(20(23)21-13-12-16-9-5-6-11-19(16)21)22(26(3,24)25)17-10-7-8-15(2)14-17/h5-11,14,18H,4,12-13H2,1-3H3. The average Bonchev–Trinajstić information content (AvgIpc) is 3.02. The van der Waals surface area contributed by atoms with Crippen molar-refractivity contribution in [3.63, 3.8) is 0 Å². The number of nitrogens with zero attached hydrogens (tertiary/aromatic N) is 2. The number of aryl methyl sites for hydroxylation is 1. The summed E-state index contributed by atoms with van der Waals surface area (Å²) < 4.78 is 26.4. The fraction of sp³-hybridized carbons (Fsp3) is 0.350. The number of rotatable bonds is 5. The minimum atomic E-state index is -3.61. The van der Waals surface area contributed by atoms with Crippen LogP contribution in [0.3, 0.4) is 0 Å². The Labute approximate surface area is 155 Å². The van der Waals surface area contributed by atoms with Crippen molar-refractivity contribution in [2.45, 2.75) is 32.7 Å². The Morgan fingerprint density at radius 2 is 1.92 bits per heavy atom. The van der Waals surface area contributed by atoms with Crippen LogP contribution >= 0.6 is 0 Å². The summed E-state index contributed by atoms with van der Waals surface area (Å²) in [6.45, 7) is 4.34. The first-order valence-electron chi connectivity index (χ1n) is 8.78. The van der Waals surface area contributed by atoms with Crippen molar-refractivity contribution >= 4 is 27.3 Å². The summed E-state index contributed by atoms with van der Waals surface area (Å²) in [6.07, 6.45) is 2.35. The van der Waals surface area contributed by atoms with Crippen LogP contribution < -0.4 is 9.21 Å². The predicted octanol–water partition coefficient (Wildman–Crippen LogP) is 3.13. The van der Waals surface area contributed by atoms with Crippen LogP contribution in [0.15, 0.2) is 48.5 Å². The number of hydrogen-bond donors (Lipinski definition) is 0. The van der Waals surface area contributed by atoms with E-state index in [1.165, 1.54) is 4.31 Å². The molecule has 1 amide bonds. The lowest BCUT2D eigenvalue weighted by atomic mass is 10.1. The van der Waals surface area contributed by atoms with E-state index >= 15 is 0 Å². The van der Waals surface area contributed by atoms with Crippen LogP contribution in [0.5, 0.6) is 0 Å². The molecule has 0 saturated heterocycles. The fourth-order valence-electron chi connectivity index (χ4n) is 3.56. The van der Waals surface area contributed by atoms with Crippen molar-refractivity contribution in [1.29, 1.82) is 0 Å². The zero-order valence-corrected chi connectivity index (χ0v) is 16.2. The average molecular weight is 372 g/mol. The first-order chi connectivity index (χ1) is 12.3. The van der Waals surface area contributed by atoms with Gasteiger partial charge in [0.25, 0.3) is 5.91 Å². The van der Waals surface area contributed by atoms with E-state index in [2.05, 4.69) is 0 Å². The van der Waals surface area contributed by atoms with Crippen molar-refractivity contribution in [1.82, 2.24) is 0 Å². The van der Waals surface area contributed by atoms with Gasteiger partial charge < -0.3 is 4.90 Å². The molecule has 6 heteroatoms. The maximum Gasteiger partial charge on any atom is 0.250 e. The summed E-state index contributed by atoms with van der Waals surface area (Å²) >= 11 is 0. The molecule has 0 radical (unpaired) electrons. The number of carbonyl (C=O) groups excluding carboxylic acids is 1. The SMILES string of the molecule is CCC(C(=O)N1CCc2ccccc21)N(c1cccc(C)c1)S(C)(=O)=O. The number of fused-ring (bicyclic) bond motifs is 1. The summed E-state index contributed by atoms with van der Waals surface area (Å²) in [5.41, 5.74) is 3.48. The molecular formula is C20H24N2O3S. The highest BCUT2D eigenvalue weighted by molar-refractivity contribution is 7.92. The second-order valence-electron chi connectivity index (χ2n) is 6.69. The highest BCUT2D eigenvalue weighted by atomic mass is 32.2. The number of sulfonamides is 1. The third kappa shape index (κ3) is 3.46. The first kappa shape index (κ1) is 18.5. The van der Waals surface area contributed by atoms with Crippen molar-refractivity contribution < 1.29 is 13.2 Å². The Bertz CT molecular complexity index is 924. The van der Waals surface area contributed by atoms with E-state index < -0.39 is 16.1 Å². The highest BCUT2D eigenvalue weighted by Gasteiger charge is 2.36. The molecule has 0 fully saturated rings. The lowest BCUT2D eigenvalue weighted by Crippen LogP contribution is -2.50. The van der Waals surface area contributed by atoms with Gasteiger partial charge in [-0.2, -0.15) is 0 Å². The van der Waals surface area contributed by atoms with Gasteiger partial charge in [-0.1, -0.05) is 37.3 Å². The van der Waals surface area contributed by atoms with Crippen molar-refractivity contribution in [2.75, 3.05) is 22.0 Å². The molecule has 3 rings (SSSR count). The van der Waals surface area contributed by atoms with E-state index in [1.807, 2.05) is 50.2 Å². The maximum absolute atomic E-state index is 13.3. The van der Waals surface area contributed by atoms with E-state index in [0.717, 1.165) is 29.5 Å². The smallest absolute Gasteiger partial charge is 0.250 e. The molecule has 0 aliphatic carbocycles. The van der Waals surface area contributed by atoms with Crippen LogP contribution in [0.2, 0.25) is 0 Å². The zero-order valence-electron chi connectivity index (χ0n) is 15.3. The van der Waals surface area contributed by atoms with E-state index in [0.29, 0.717) is 18.7 Å². The highest BCUT2D eigenvalue weighted by Crippen LogP contribution is 2.31. The van der Waals surface area contributed by atoms with Gasteiger partial charge in [-0.05, 0) is 49.1 Å². The molecule has 1 aliphatic rings. The molecule has 2 aromatic carbocycles. The largest absolute Gasteiger partial charge is 0.310 e. The molecule has 1 atom stereocenters. The van der Waals surface area contributed by atoms with Crippen LogP contribution in [0.1, 0.15) is 24.5 Å². The van der Waals surface area contributed by atoms with Gasteiger partial charge in [-0.3, -0.25) is 9.10 Å². The van der Waals surface area contributed by atoms with Gasteiger partial charge in [-0.15, -0.1) is 0 Å². The van der Waals surface area contributed by atoms with Gasteiger partial charge in [0, 0.05) is 12.2 Å². The van der Waals surface area contributed by atoms with Crippen LogP contribution in [0.25, 0.3) is 0 Å². The molecule has 1 aliphatic heterocycles. The van der Waals surface area contributed by atoms with Crippen molar-refractivity contribution in [3.05, 3.63) is 59.7 Å². The molecule has 138 valence electrons. The lowest BCUT2D eigenvalue weighted by Gasteiger charge is -2.33. The fourth-order valence-corrected chi connectivity index (χ4v) is 4.75. The Morgan fingerprint density at radius 1 is 1.19 bits per heavy atom. The minimum Gasteiger partial charge on any atom is -0.310 e. The number of amides is 1. The number of carbonyl (C=O) groups is 1. The summed E-state index contributed by atoms with van der Waals surface area (Å²) in [5, 5.41) is 0.